The van der Waals surface area contributed by atoms with E-state index in [1.54, 1.807) is 9.66 Å². The summed E-state index contributed by atoms with van der Waals surface area (Å²) in [5, 5.41) is 22.7. The standard InChI is InChI=1S/C12H14N4O5S2.C2H2N2O4.Ba/c13-15-22(17,18)11-5-1-9(2-6-11)21-10-3-7-12(8-4-10)23(19,20)16-14;5-1(6)3-4-2(7)8;/h1-8,15-16H,13-14H2;(H,5,6)(H,7,8);/q;;+2/p-2. The SMILES string of the molecule is NNS(=O)(=O)c1ccc(Oc2ccc(S(=O)(=O)NN)cc2)cc1.O=C([O-])N=NC(=O)[O-].[Ba+2]. The molecule has 168 valence electrons. The number of benzene rings is 2. The van der Waals surface area contributed by atoms with Crippen molar-refractivity contribution in [1.29, 1.82) is 0 Å². The van der Waals surface area contributed by atoms with E-state index in [4.69, 9.17) is 16.4 Å². The minimum absolute atomic E-state index is 0. The minimum atomic E-state index is -3.73. The van der Waals surface area contributed by atoms with E-state index in [2.05, 4.69) is 10.2 Å². The van der Waals surface area contributed by atoms with Gasteiger partial charge in [-0.1, -0.05) is 0 Å². The maximum absolute atomic E-state index is 11.5. The second kappa shape index (κ2) is 13.6. The number of nitrogens with two attached hydrogens (primary N) is 2. The molecule has 6 N–H and O–H groups in total. The number of hydrogen-bond acceptors (Lipinski definition) is 11. The first-order valence-electron chi connectivity index (χ1n) is 7.58. The number of hydrogen-bond donors (Lipinski definition) is 4. The molecular formula is C14H14BaN6O9S2. The third-order valence-electron chi connectivity index (χ3n) is 3.03. The number of azo groups is 1. The summed E-state index contributed by atoms with van der Waals surface area (Å²) in [7, 11) is -7.45. The van der Waals surface area contributed by atoms with Crippen molar-refractivity contribution < 1.29 is 41.4 Å². The van der Waals surface area contributed by atoms with Crippen LogP contribution in [-0.4, -0.2) is 77.9 Å². The first-order chi connectivity index (χ1) is 14.4. The molecule has 0 saturated heterocycles. The Morgan fingerprint density at radius 2 is 1.00 bits per heavy atom. The molecule has 0 heterocycles. The molecule has 0 aliphatic heterocycles. The topological polar surface area (TPSA) is 259 Å². The van der Waals surface area contributed by atoms with Gasteiger partial charge in [0.2, 0.25) is 0 Å². The molecule has 32 heavy (non-hydrogen) atoms. The number of nitrogens with zero attached hydrogens (tertiary/aromatic N) is 2. The molecule has 15 nitrogen and oxygen atoms in total. The zero-order valence-corrected chi connectivity index (χ0v) is 21.9. The molecule has 2 aromatic rings. The van der Waals surface area contributed by atoms with Crippen molar-refractivity contribution >= 4 is 81.1 Å². The Morgan fingerprint density at radius 1 is 0.719 bits per heavy atom. The van der Waals surface area contributed by atoms with Gasteiger partial charge < -0.3 is 24.5 Å². The Morgan fingerprint density at radius 3 is 1.22 bits per heavy atom. The van der Waals surface area contributed by atoms with E-state index in [-0.39, 0.29) is 58.7 Å². The molecule has 0 spiro atoms. The molecule has 2 amide bonds. The zero-order valence-electron chi connectivity index (χ0n) is 15.9. The van der Waals surface area contributed by atoms with E-state index in [0.717, 1.165) is 0 Å². The van der Waals surface area contributed by atoms with Crippen LogP contribution in [0.2, 0.25) is 0 Å². The van der Waals surface area contributed by atoms with Crippen LogP contribution < -0.4 is 36.3 Å². The van der Waals surface area contributed by atoms with Crippen LogP contribution in [0.4, 0.5) is 9.59 Å². The van der Waals surface area contributed by atoms with E-state index in [1.165, 1.54) is 48.5 Å². The number of carbonyl (C=O) groups excluding carboxylic acids is 2. The summed E-state index contributed by atoms with van der Waals surface area (Å²) in [5.74, 6) is 10.6. The molecule has 0 radical (unpaired) electrons. The number of sulfonamides is 2. The van der Waals surface area contributed by atoms with Crippen molar-refractivity contribution in [2.75, 3.05) is 0 Å². The number of ether oxygens (including phenoxy) is 1. The number of hydrazine groups is 2. The van der Waals surface area contributed by atoms with Gasteiger partial charge >= 0.3 is 48.9 Å². The average molecular weight is 612 g/mol. The molecule has 0 unspecified atom stereocenters. The van der Waals surface area contributed by atoms with E-state index in [1.807, 2.05) is 0 Å². The summed E-state index contributed by atoms with van der Waals surface area (Å²) in [6.45, 7) is 0. The van der Waals surface area contributed by atoms with Crippen LogP contribution in [0.5, 0.6) is 11.5 Å². The fourth-order valence-electron chi connectivity index (χ4n) is 1.73. The van der Waals surface area contributed by atoms with Gasteiger partial charge in [-0.2, -0.15) is 9.66 Å². The molecule has 0 aromatic heterocycles. The quantitative estimate of drug-likeness (QED) is 0.115. The molecular weight excluding hydrogens is 598 g/mol. The van der Waals surface area contributed by atoms with Crippen LogP contribution >= 0.6 is 0 Å². The Kier molecular flexibility index (Phi) is 12.8. The molecule has 0 bridgehead atoms. The summed E-state index contributed by atoms with van der Waals surface area (Å²) >= 11 is 0. The van der Waals surface area contributed by atoms with Crippen molar-refractivity contribution in [3.63, 3.8) is 0 Å². The van der Waals surface area contributed by atoms with Gasteiger partial charge in [0.1, 0.15) is 11.5 Å². The summed E-state index contributed by atoms with van der Waals surface area (Å²) in [5.41, 5.74) is 0. The second-order valence-electron chi connectivity index (χ2n) is 5.02. The number of amides is 2. The summed E-state index contributed by atoms with van der Waals surface area (Å²) < 4.78 is 51.4. The number of carboxylic acid groups (broad SMARTS) is 2. The van der Waals surface area contributed by atoms with Crippen LogP contribution in [0.3, 0.4) is 0 Å². The molecule has 2 aromatic carbocycles. The fraction of sp³-hybridized carbons (Fsp3) is 0. The van der Waals surface area contributed by atoms with Gasteiger partial charge in [-0.25, -0.2) is 16.8 Å². The van der Waals surface area contributed by atoms with E-state index in [9.17, 15) is 36.6 Å². The smallest absolute Gasteiger partial charge is 0.527 e. The Hall–Kier alpha value is -1.91. The normalized spacial score (nSPS) is 11.1. The molecule has 2 rings (SSSR count). The van der Waals surface area contributed by atoms with Crippen molar-refractivity contribution in [2.45, 2.75) is 9.79 Å². The minimum Gasteiger partial charge on any atom is -0.527 e. The molecule has 18 heteroatoms. The van der Waals surface area contributed by atoms with Gasteiger partial charge in [0.25, 0.3) is 20.0 Å². The van der Waals surface area contributed by atoms with Crippen LogP contribution in [0, 0.1) is 0 Å². The van der Waals surface area contributed by atoms with Crippen LogP contribution in [-0.2, 0) is 20.0 Å². The summed E-state index contributed by atoms with van der Waals surface area (Å²) in [6, 6.07) is 11.0. The van der Waals surface area contributed by atoms with Gasteiger partial charge in [-0.05, 0) is 48.5 Å². The third-order valence-corrected chi connectivity index (χ3v) is 5.43. The molecule has 0 atom stereocenters. The van der Waals surface area contributed by atoms with Crippen molar-refractivity contribution in [1.82, 2.24) is 9.66 Å². The maximum atomic E-state index is 11.5. The van der Waals surface area contributed by atoms with Gasteiger partial charge in [0.15, 0.2) is 12.2 Å². The van der Waals surface area contributed by atoms with E-state index in [0.29, 0.717) is 11.5 Å². The zero-order chi connectivity index (χ0) is 23.7. The average Bonchev–Trinajstić information content (AvgIpc) is 2.73. The van der Waals surface area contributed by atoms with Gasteiger partial charge in [0, 0.05) is 0 Å². The molecule has 0 aliphatic carbocycles. The van der Waals surface area contributed by atoms with Gasteiger partial charge in [-0.15, -0.1) is 10.2 Å². The monoisotopic (exact) mass is 612 g/mol. The van der Waals surface area contributed by atoms with Crippen LogP contribution in [0.15, 0.2) is 68.6 Å². The van der Waals surface area contributed by atoms with Crippen LogP contribution in [0.25, 0.3) is 0 Å². The van der Waals surface area contributed by atoms with E-state index >= 15 is 0 Å². The predicted molar refractivity (Wildman–Crippen MR) is 103 cm³/mol. The van der Waals surface area contributed by atoms with Crippen molar-refractivity contribution in [2.24, 2.45) is 21.9 Å². The maximum Gasteiger partial charge on any atom is 2.00 e. The molecule has 0 fully saturated rings. The second-order valence-corrected chi connectivity index (χ2v) is 8.45. The van der Waals surface area contributed by atoms with Crippen molar-refractivity contribution in [3.05, 3.63) is 48.5 Å². The fourth-order valence-corrected chi connectivity index (χ4v) is 2.99. The Labute approximate surface area is 222 Å². The van der Waals surface area contributed by atoms with Gasteiger partial charge in [0.05, 0.1) is 9.79 Å². The Balaban J connectivity index is 0.000000917. The number of carbonyl (C=O) groups is 2. The molecule has 0 aliphatic rings. The number of nitrogens with one attached hydrogen (secondary N) is 2. The first-order valence-corrected chi connectivity index (χ1v) is 10.5. The van der Waals surface area contributed by atoms with Crippen molar-refractivity contribution in [3.8, 4) is 11.5 Å². The summed E-state index contributed by atoms with van der Waals surface area (Å²) in [4.78, 5) is 21.9. The number of rotatable bonds is 6. The van der Waals surface area contributed by atoms with E-state index < -0.39 is 32.2 Å². The van der Waals surface area contributed by atoms with Gasteiger partial charge in [-0.3, -0.25) is 11.7 Å². The molecule has 0 saturated carbocycles. The third kappa shape index (κ3) is 10.1. The summed E-state index contributed by atoms with van der Waals surface area (Å²) in [6.07, 6.45) is -3.82. The largest absolute Gasteiger partial charge is 2.00 e. The van der Waals surface area contributed by atoms with Crippen LogP contribution in [0.1, 0.15) is 0 Å². The predicted octanol–water partition coefficient (Wildman–Crippen LogP) is -2.47. The Bertz CT molecular complexity index is 1060. The first kappa shape index (κ1) is 30.1.